The van der Waals surface area contributed by atoms with Crippen LogP contribution in [0.4, 0.5) is 0 Å². The smallest absolute Gasteiger partial charge is 0.254 e. The number of fused-ring (bicyclic) bond motifs is 1. The van der Waals surface area contributed by atoms with Crippen molar-refractivity contribution in [2.24, 2.45) is 0 Å². The lowest BCUT2D eigenvalue weighted by molar-refractivity contribution is -0.139. The minimum atomic E-state index is -0.280. The van der Waals surface area contributed by atoms with Crippen LogP contribution in [-0.4, -0.2) is 22.5 Å². The molecule has 1 aliphatic carbocycles. The van der Waals surface area contributed by atoms with Crippen molar-refractivity contribution in [3.8, 4) is 0 Å². The number of carbonyl (C=O) groups excluding carboxylic acids is 3. The van der Waals surface area contributed by atoms with E-state index in [1.54, 1.807) is 12.1 Å². The molecule has 0 radical (unpaired) electrons. The van der Waals surface area contributed by atoms with Gasteiger partial charge in [-0.05, 0) is 24.0 Å². The molecular formula is C20H15NO3. The molecule has 0 N–H and O–H groups in total. The Morgan fingerprint density at radius 2 is 1.62 bits per heavy atom. The Morgan fingerprint density at radius 3 is 2.33 bits per heavy atom. The van der Waals surface area contributed by atoms with Gasteiger partial charge in [0.05, 0.1) is 6.04 Å². The van der Waals surface area contributed by atoms with Gasteiger partial charge in [0.1, 0.15) is 0 Å². The van der Waals surface area contributed by atoms with Gasteiger partial charge in [0, 0.05) is 23.3 Å². The number of imide groups is 1. The van der Waals surface area contributed by atoms with Gasteiger partial charge in [0.25, 0.3) is 11.8 Å². The molecular weight excluding hydrogens is 302 g/mol. The first-order chi connectivity index (χ1) is 11.7. The number of benzene rings is 2. The molecule has 0 fully saturated rings. The Hall–Kier alpha value is -3.01. The molecule has 4 nitrogen and oxygen atoms in total. The Balaban J connectivity index is 1.73. The first kappa shape index (κ1) is 14.6. The first-order valence-electron chi connectivity index (χ1n) is 7.93. The molecule has 2 amide bonds. The largest absolute Gasteiger partial charge is 0.289 e. The van der Waals surface area contributed by atoms with Gasteiger partial charge < -0.3 is 0 Å². The lowest BCUT2D eigenvalue weighted by Gasteiger charge is -2.23. The van der Waals surface area contributed by atoms with Crippen LogP contribution in [0.15, 0.2) is 60.7 Å². The summed E-state index contributed by atoms with van der Waals surface area (Å²) in [4.78, 5) is 38.0. The van der Waals surface area contributed by atoms with Gasteiger partial charge in [0.2, 0.25) is 0 Å². The second kappa shape index (κ2) is 5.57. The van der Waals surface area contributed by atoms with Crippen LogP contribution in [0.25, 0.3) is 0 Å². The summed E-state index contributed by atoms with van der Waals surface area (Å²) in [6, 6.07) is 14.4. The molecule has 2 aromatic carbocycles. The van der Waals surface area contributed by atoms with Crippen molar-refractivity contribution in [2.75, 3.05) is 0 Å². The average molecular weight is 317 g/mol. The van der Waals surface area contributed by atoms with E-state index in [0.717, 1.165) is 11.1 Å². The third kappa shape index (κ3) is 2.19. The highest BCUT2D eigenvalue weighted by molar-refractivity contribution is 6.13. The minimum Gasteiger partial charge on any atom is -0.289 e. The Morgan fingerprint density at radius 1 is 0.917 bits per heavy atom. The number of ketones is 1. The predicted octanol–water partition coefficient (Wildman–Crippen LogP) is 2.83. The van der Waals surface area contributed by atoms with Crippen molar-refractivity contribution < 1.29 is 14.4 Å². The van der Waals surface area contributed by atoms with Crippen LogP contribution in [-0.2, 0) is 16.0 Å². The Labute approximate surface area is 139 Å². The molecule has 118 valence electrons. The van der Waals surface area contributed by atoms with Crippen molar-refractivity contribution in [1.82, 2.24) is 4.90 Å². The molecule has 4 heteroatoms. The maximum Gasteiger partial charge on any atom is 0.254 e. The summed E-state index contributed by atoms with van der Waals surface area (Å²) in [5, 5.41) is 0. The Bertz CT molecular complexity index is 865. The van der Waals surface area contributed by atoms with Crippen molar-refractivity contribution >= 4 is 17.6 Å². The molecule has 0 saturated carbocycles. The number of hydrogen-bond donors (Lipinski definition) is 0. The normalized spacial score (nSPS) is 19.0. The van der Waals surface area contributed by atoms with Gasteiger partial charge in [-0.25, -0.2) is 0 Å². The van der Waals surface area contributed by atoms with E-state index < -0.39 is 0 Å². The van der Waals surface area contributed by atoms with Gasteiger partial charge >= 0.3 is 0 Å². The number of amides is 2. The van der Waals surface area contributed by atoms with Gasteiger partial charge in [-0.15, -0.1) is 0 Å². The average Bonchev–Trinajstić information content (AvgIpc) is 3.18. The molecule has 1 atom stereocenters. The molecule has 1 heterocycles. The van der Waals surface area contributed by atoms with Crippen molar-refractivity contribution in [1.29, 1.82) is 0 Å². The molecule has 24 heavy (non-hydrogen) atoms. The molecule has 0 aromatic heterocycles. The molecule has 0 bridgehead atoms. The topological polar surface area (TPSA) is 54.5 Å². The summed E-state index contributed by atoms with van der Waals surface area (Å²) in [6.07, 6.45) is 3.96. The monoisotopic (exact) mass is 317 g/mol. The molecule has 1 aliphatic heterocycles. The maximum absolute atomic E-state index is 12.8. The van der Waals surface area contributed by atoms with Crippen LogP contribution in [0.1, 0.15) is 39.5 Å². The summed E-state index contributed by atoms with van der Waals surface area (Å²) >= 11 is 0. The third-order valence-electron chi connectivity index (χ3n) is 4.67. The van der Waals surface area contributed by atoms with E-state index in [1.165, 1.54) is 17.1 Å². The van der Waals surface area contributed by atoms with E-state index in [-0.39, 0.29) is 23.6 Å². The van der Waals surface area contributed by atoms with Crippen LogP contribution in [0.2, 0.25) is 0 Å². The third-order valence-corrected chi connectivity index (χ3v) is 4.67. The van der Waals surface area contributed by atoms with Crippen molar-refractivity contribution in [3.05, 3.63) is 82.9 Å². The summed E-state index contributed by atoms with van der Waals surface area (Å²) in [6.45, 7) is 0. The lowest BCUT2D eigenvalue weighted by Crippen LogP contribution is -2.33. The quantitative estimate of drug-likeness (QED) is 0.646. The highest BCUT2D eigenvalue weighted by Crippen LogP contribution is 2.39. The van der Waals surface area contributed by atoms with Crippen LogP contribution >= 0.6 is 0 Å². The number of nitrogens with zero attached hydrogens (tertiary/aromatic N) is 1. The Kier molecular flexibility index (Phi) is 3.38. The zero-order valence-corrected chi connectivity index (χ0v) is 12.9. The van der Waals surface area contributed by atoms with E-state index >= 15 is 0 Å². The van der Waals surface area contributed by atoms with E-state index in [9.17, 15) is 14.4 Å². The molecule has 4 rings (SSSR count). The summed E-state index contributed by atoms with van der Waals surface area (Å²) in [5.41, 5.74) is 3.16. The lowest BCUT2D eigenvalue weighted by atomic mass is 9.95. The highest BCUT2D eigenvalue weighted by Gasteiger charge is 2.37. The summed E-state index contributed by atoms with van der Waals surface area (Å²) in [7, 11) is 0. The van der Waals surface area contributed by atoms with Gasteiger partial charge in [-0.3, -0.25) is 19.3 Å². The fourth-order valence-corrected chi connectivity index (χ4v) is 3.58. The molecule has 2 aliphatic rings. The van der Waals surface area contributed by atoms with Crippen molar-refractivity contribution in [3.63, 3.8) is 0 Å². The number of rotatable bonds is 3. The highest BCUT2D eigenvalue weighted by atomic mass is 16.2. The molecule has 0 spiro atoms. The van der Waals surface area contributed by atoms with Crippen molar-refractivity contribution in [2.45, 2.75) is 18.9 Å². The fourth-order valence-electron chi connectivity index (χ4n) is 3.58. The van der Waals surface area contributed by atoms with Crippen LogP contribution < -0.4 is 0 Å². The predicted molar refractivity (Wildman–Crippen MR) is 88.4 cm³/mol. The first-order valence-corrected chi connectivity index (χ1v) is 7.93. The number of hydrogen-bond acceptors (Lipinski definition) is 3. The van der Waals surface area contributed by atoms with Crippen LogP contribution in [0.5, 0.6) is 0 Å². The standard InChI is InChI=1S/C20H15NO3/c22-18-11-12-19(23)21(18)17-10-9-14-15(17)7-4-8-16(14)20(24)13-5-2-1-3-6-13/h1-8,11-12,17H,9-10H2/t17-/m0/s1. The van der Waals surface area contributed by atoms with E-state index in [2.05, 4.69) is 0 Å². The van der Waals surface area contributed by atoms with Crippen LogP contribution in [0, 0.1) is 0 Å². The van der Waals surface area contributed by atoms with E-state index in [4.69, 9.17) is 0 Å². The summed E-state index contributed by atoms with van der Waals surface area (Å²) in [5.74, 6) is -0.583. The minimum absolute atomic E-state index is 0.0229. The maximum atomic E-state index is 12.8. The SMILES string of the molecule is O=C(c1ccccc1)c1cccc2c1CC[C@@H]2N1C(=O)C=CC1=O. The van der Waals surface area contributed by atoms with E-state index in [1.807, 2.05) is 36.4 Å². The fraction of sp³-hybridized carbons (Fsp3) is 0.150. The molecule has 2 aromatic rings. The zero-order chi connectivity index (χ0) is 16.7. The van der Waals surface area contributed by atoms with Gasteiger partial charge in [0.15, 0.2) is 5.78 Å². The summed E-state index contributed by atoms with van der Waals surface area (Å²) < 4.78 is 0. The van der Waals surface area contributed by atoms with Gasteiger partial charge in [-0.2, -0.15) is 0 Å². The van der Waals surface area contributed by atoms with Gasteiger partial charge in [-0.1, -0.05) is 48.5 Å². The number of carbonyl (C=O) groups is 3. The second-order valence-corrected chi connectivity index (χ2v) is 6.00. The van der Waals surface area contributed by atoms with Crippen LogP contribution in [0.3, 0.4) is 0 Å². The van der Waals surface area contributed by atoms with E-state index in [0.29, 0.717) is 24.0 Å². The zero-order valence-electron chi connectivity index (χ0n) is 12.9. The molecule has 0 unspecified atom stereocenters. The second-order valence-electron chi connectivity index (χ2n) is 6.00. The molecule has 0 saturated heterocycles.